The molecule has 23 heavy (non-hydrogen) atoms. The average molecular weight is 344 g/mol. The number of para-hydroxylation sites is 1. The van der Waals surface area contributed by atoms with E-state index in [2.05, 4.69) is 26.9 Å². The minimum absolute atomic E-state index is 0.478. The van der Waals surface area contributed by atoms with Crippen molar-refractivity contribution in [3.05, 3.63) is 70.5 Å². The van der Waals surface area contributed by atoms with Crippen LogP contribution < -0.4 is 0 Å². The molecule has 2 aromatic heterocycles. The minimum atomic E-state index is 0.478. The highest BCUT2D eigenvalue weighted by atomic mass is 35.5. The lowest BCUT2D eigenvalue weighted by Gasteiger charge is -2.10. The predicted octanol–water partition coefficient (Wildman–Crippen LogP) is 5.05. The second kappa shape index (κ2) is 5.72. The van der Waals surface area contributed by atoms with Crippen LogP contribution >= 0.6 is 23.2 Å². The highest BCUT2D eigenvalue weighted by molar-refractivity contribution is 6.35. The zero-order valence-electron chi connectivity index (χ0n) is 11.9. The summed E-state index contributed by atoms with van der Waals surface area (Å²) < 4.78 is 7.49. The topological polar surface area (TPSA) is 43.9 Å². The molecule has 0 unspecified atom stereocenters. The van der Waals surface area contributed by atoms with Crippen LogP contribution in [0.1, 0.15) is 5.56 Å². The molecule has 0 atom stereocenters. The van der Waals surface area contributed by atoms with E-state index < -0.39 is 0 Å². The maximum Gasteiger partial charge on any atom is 0.264 e. The smallest absolute Gasteiger partial charge is 0.264 e. The number of nitrogens with zero attached hydrogens (tertiary/aromatic N) is 3. The molecule has 2 aromatic carbocycles. The Morgan fingerprint density at radius 2 is 1.91 bits per heavy atom. The van der Waals surface area contributed by atoms with Crippen molar-refractivity contribution in [1.82, 2.24) is 14.8 Å². The van der Waals surface area contributed by atoms with Crippen molar-refractivity contribution in [3.8, 4) is 11.6 Å². The summed E-state index contributed by atoms with van der Waals surface area (Å²) in [7, 11) is 0. The Hall–Kier alpha value is -2.30. The molecule has 2 heterocycles. The monoisotopic (exact) mass is 343 g/mol. The highest BCUT2D eigenvalue weighted by Crippen LogP contribution is 2.30. The lowest BCUT2D eigenvalue weighted by molar-refractivity contribution is 0.562. The summed E-state index contributed by atoms with van der Waals surface area (Å²) in [5.41, 5.74) is 2.90. The van der Waals surface area contributed by atoms with Crippen molar-refractivity contribution in [2.45, 2.75) is 6.54 Å². The normalized spacial score (nSPS) is 11.2. The molecule has 0 amide bonds. The molecule has 4 nitrogen and oxygen atoms in total. The van der Waals surface area contributed by atoms with E-state index in [1.165, 1.54) is 6.39 Å². The zero-order chi connectivity index (χ0) is 15.8. The third-order valence-corrected chi connectivity index (χ3v) is 4.32. The molecule has 4 rings (SSSR count). The molecule has 0 aliphatic carbocycles. The predicted molar refractivity (Wildman–Crippen MR) is 90.8 cm³/mol. The molecular formula is C17H11Cl2N3O. The van der Waals surface area contributed by atoms with E-state index in [9.17, 15) is 0 Å². The second-order valence-electron chi connectivity index (χ2n) is 5.15. The Labute approximate surface area is 142 Å². The fourth-order valence-corrected chi connectivity index (χ4v) is 3.13. The number of benzene rings is 2. The van der Waals surface area contributed by atoms with Crippen LogP contribution in [0.15, 0.2) is 59.3 Å². The molecule has 0 saturated heterocycles. The van der Waals surface area contributed by atoms with Crippen molar-refractivity contribution in [1.29, 1.82) is 0 Å². The highest BCUT2D eigenvalue weighted by Gasteiger charge is 2.15. The molecule has 0 aliphatic rings. The Bertz CT molecular complexity index is 977. The van der Waals surface area contributed by atoms with Crippen LogP contribution in [0, 0.1) is 0 Å². The van der Waals surface area contributed by atoms with Gasteiger partial charge in [0.25, 0.3) is 5.89 Å². The van der Waals surface area contributed by atoms with E-state index >= 15 is 0 Å². The number of rotatable bonds is 3. The van der Waals surface area contributed by atoms with Crippen LogP contribution in [0.5, 0.6) is 0 Å². The first-order valence-corrected chi connectivity index (χ1v) is 7.77. The lowest BCUT2D eigenvalue weighted by atomic mass is 10.2. The largest absolute Gasteiger partial charge is 0.422 e. The molecule has 4 aromatic rings. The molecular weight excluding hydrogens is 333 g/mol. The SMILES string of the molecule is Clc1ccc(Cn2c(-c3nnco3)cc3ccccc32)c(Cl)c1. The van der Waals surface area contributed by atoms with Gasteiger partial charge in [0.05, 0.1) is 0 Å². The summed E-state index contributed by atoms with van der Waals surface area (Å²) in [6, 6.07) is 15.6. The fraction of sp³-hybridized carbons (Fsp3) is 0.0588. The minimum Gasteiger partial charge on any atom is -0.422 e. The van der Waals surface area contributed by atoms with Gasteiger partial charge in [0.2, 0.25) is 6.39 Å². The molecule has 0 fully saturated rings. The fourth-order valence-electron chi connectivity index (χ4n) is 2.66. The van der Waals surface area contributed by atoms with Crippen LogP contribution in [0.3, 0.4) is 0 Å². The van der Waals surface area contributed by atoms with E-state index in [1.54, 1.807) is 6.07 Å². The molecule has 0 N–H and O–H groups in total. The summed E-state index contributed by atoms with van der Waals surface area (Å²) in [4.78, 5) is 0. The van der Waals surface area contributed by atoms with Crippen LogP contribution in [-0.4, -0.2) is 14.8 Å². The van der Waals surface area contributed by atoms with Gasteiger partial charge in [-0.1, -0.05) is 47.5 Å². The summed E-state index contributed by atoms with van der Waals surface area (Å²) >= 11 is 12.3. The van der Waals surface area contributed by atoms with E-state index in [0.717, 1.165) is 22.2 Å². The molecule has 0 saturated carbocycles. The lowest BCUT2D eigenvalue weighted by Crippen LogP contribution is -2.02. The summed E-state index contributed by atoms with van der Waals surface area (Å²) in [5, 5.41) is 10.2. The van der Waals surface area contributed by atoms with Crippen LogP contribution in [0.25, 0.3) is 22.5 Å². The third-order valence-electron chi connectivity index (χ3n) is 3.73. The van der Waals surface area contributed by atoms with E-state index in [0.29, 0.717) is 22.5 Å². The van der Waals surface area contributed by atoms with Gasteiger partial charge in [0, 0.05) is 27.5 Å². The van der Waals surface area contributed by atoms with Gasteiger partial charge in [-0.05, 0) is 29.8 Å². The van der Waals surface area contributed by atoms with Crippen molar-refractivity contribution in [2.24, 2.45) is 0 Å². The molecule has 6 heteroatoms. The van der Waals surface area contributed by atoms with Gasteiger partial charge < -0.3 is 8.98 Å². The Balaban J connectivity index is 1.89. The van der Waals surface area contributed by atoms with E-state index in [-0.39, 0.29) is 0 Å². The number of halogens is 2. The zero-order valence-corrected chi connectivity index (χ0v) is 13.4. The second-order valence-corrected chi connectivity index (χ2v) is 6.00. The molecule has 0 aliphatic heterocycles. The number of fused-ring (bicyclic) bond motifs is 1. The van der Waals surface area contributed by atoms with Crippen LogP contribution in [0.4, 0.5) is 0 Å². The van der Waals surface area contributed by atoms with Crippen LogP contribution in [-0.2, 0) is 6.54 Å². The number of aromatic nitrogens is 3. The molecule has 114 valence electrons. The summed E-state index contributed by atoms with van der Waals surface area (Å²) in [6.45, 7) is 0.585. The summed E-state index contributed by atoms with van der Waals surface area (Å²) in [6.07, 6.45) is 1.33. The van der Waals surface area contributed by atoms with Gasteiger partial charge in [0.15, 0.2) is 0 Å². The third kappa shape index (κ3) is 2.60. The average Bonchev–Trinajstić information content (AvgIpc) is 3.18. The Morgan fingerprint density at radius 1 is 1.04 bits per heavy atom. The van der Waals surface area contributed by atoms with Gasteiger partial charge >= 0.3 is 0 Å². The molecule has 0 radical (unpaired) electrons. The maximum atomic E-state index is 6.33. The van der Waals surface area contributed by atoms with Crippen molar-refractivity contribution >= 4 is 34.1 Å². The van der Waals surface area contributed by atoms with Crippen molar-refractivity contribution in [2.75, 3.05) is 0 Å². The van der Waals surface area contributed by atoms with Gasteiger partial charge in [-0.2, -0.15) is 0 Å². The van der Waals surface area contributed by atoms with Gasteiger partial charge in [-0.25, -0.2) is 0 Å². The first-order valence-electron chi connectivity index (χ1n) is 7.01. The first-order chi connectivity index (χ1) is 11.2. The number of hydrogen-bond acceptors (Lipinski definition) is 3. The van der Waals surface area contributed by atoms with Crippen LogP contribution in [0.2, 0.25) is 10.0 Å². The van der Waals surface area contributed by atoms with E-state index in [1.807, 2.05) is 30.3 Å². The maximum absolute atomic E-state index is 6.33. The molecule has 0 spiro atoms. The standard InChI is InChI=1S/C17H11Cl2N3O/c18-13-6-5-12(14(19)8-13)9-22-15-4-2-1-3-11(15)7-16(22)17-21-20-10-23-17/h1-8,10H,9H2. The quantitative estimate of drug-likeness (QED) is 0.523. The van der Waals surface area contributed by atoms with Gasteiger partial charge in [-0.3, -0.25) is 0 Å². The summed E-state index contributed by atoms with van der Waals surface area (Å²) in [5.74, 6) is 0.478. The van der Waals surface area contributed by atoms with E-state index in [4.69, 9.17) is 27.6 Å². The Kier molecular flexibility index (Phi) is 3.56. The number of hydrogen-bond donors (Lipinski definition) is 0. The van der Waals surface area contributed by atoms with Gasteiger partial charge in [-0.15, -0.1) is 10.2 Å². The van der Waals surface area contributed by atoms with Crippen molar-refractivity contribution < 1.29 is 4.42 Å². The Morgan fingerprint density at radius 3 is 2.70 bits per heavy atom. The first kappa shape index (κ1) is 14.3. The van der Waals surface area contributed by atoms with Gasteiger partial charge in [0.1, 0.15) is 5.69 Å². The molecule has 0 bridgehead atoms. The van der Waals surface area contributed by atoms with Crippen molar-refractivity contribution in [3.63, 3.8) is 0 Å².